The predicted molar refractivity (Wildman–Crippen MR) is 56.6 cm³/mol. The molecule has 0 fully saturated rings. The van der Waals surface area contributed by atoms with Crippen molar-refractivity contribution in [2.75, 3.05) is 7.11 Å². The van der Waals surface area contributed by atoms with Gasteiger partial charge in [0, 0.05) is 0 Å². The summed E-state index contributed by atoms with van der Waals surface area (Å²) < 4.78 is 29.6. The third-order valence-electron chi connectivity index (χ3n) is 2.02. The maximum atomic E-state index is 12.7. The molecule has 0 saturated heterocycles. The Hall–Kier alpha value is -1.83. The van der Waals surface area contributed by atoms with Crippen molar-refractivity contribution >= 4 is 23.4 Å². The van der Waals surface area contributed by atoms with Crippen LogP contribution in [0.15, 0.2) is 6.07 Å². The third-order valence-corrected chi connectivity index (χ3v) is 2.30. The normalized spacial score (nSPS) is 10.5. The molecule has 0 saturated carbocycles. The highest BCUT2D eigenvalue weighted by Crippen LogP contribution is 2.30. The van der Waals surface area contributed by atoms with Crippen LogP contribution in [0.5, 0.6) is 0 Å². The SMILES string of the molecule is COC(=O)Cc1nc([N+](=O)[O-])c(Cl)cc1C(F)F. The van der Waals surface area contributed by atoms with E-state index in [2.05, 4.69) is 9.72 Å². The van der Waals surface area contributed by atoms with Gasteiger partial charge in [-0.1, -0.05) is 11.6 Å². The minimum atomic E-state index is -2.95. The number of esters is 1. The second kappa shape index (κ2) is 5.67. The molecule has 0 spiro atoms. The molecule has 0 aliphatic heterocycles. The van der Waals surface area contributed by atoms with Crippen molar-refractivity contribution in [3.8, 4) is 0 Å². The number of alkyl halides is 2. The Morgan fingerprint density at radius 3 is 2.72 bits per heavy atom. The van der Waals surface area contributed by atoms with Gasteiger partial charge < -0.3 is 14.9 Å². The minimum Gasteiger partial charge on any atom is -0.469 e. The fourth-order valence-electron chi connectivity index (χ4n) is 1.20. The summed E-state index contributed by atoms with van der Waals surface area (Å²) in [4.78, 5) is 24.0. The molecule has 9 heteroatoms. The van der Waals surface area contributed by atoms with Gasteiger partial charge in [0.05, 0.1) is 12.7 Å². The smallest absolute Gasteiger partial charge is 0.382 e. The Morgan fingerprint density at radius 1 is 1.67 bits per heavy atom. The van der Waals surface area contributed by atoms with Crippen LogP contribution in [0.2, 0.25) is 5.02 Å². The molecule has 98 valence electrons. The lowest BCUT2D eigenvalue weighted by Gasteiger charge is -2.05. The molecule has 1 heterocycles. The molecule has 1 aromatic rings. The van der Waals surface area contributed by atoms with Gasteiger partial charge in [0.2, 0.25) is 0 Å². The van der Waals surface area contributed by atoms with E-state index in [1.165, 1.54) is 0 Å². The van der Waals surface area contributed by atoms with E-state index in [1.54, 1.807) is 0 Å². The molecule has 0 bridgehead atoms. The molecular weight excluding hydrogens is 274 g/mol. The van der Waals surface area contributed by atoms with Crippen LogP contribution in [0.25, 0.3) is 0 Å². The molecule has 1 aromatic heterocycles. The van der Waals surface area contributed by atoms with Gasteiger partial charge in [0.1, 0.15) is 11.4 Å². The molecular formula is C9H7ClF2N2O4. The molecule has 0 aliphatic carbocycles. The van der Waals surface area contributed by atoms with E-state index in [0.29, 0.717) is 0 Å². The van der Waals surface area contributed by atoms with Crippen molar-refractivity contribution < 1.29 is 23.2 Å². The number of carbonyl (C=O) groups is 1. The summed E-state index contributed by atoms with van der Waals surface area (Å²) in [6.07, 6.45) is -3.54. The fraction of sp³-hybridized carbons (Fsp3) is 0.333. The first-order valence-electron chi connectivity index (χ1n) is 4.55. The summed E-state index contributed by atoms with van der Waals surface area (Å²) in [5, 5.41) is 10.1. The summed E-state index contributed by atoms with van der Waals surface area (Å²) in [6, 6.07) is 0.732. The first kappa shape index (κ1) is 14.2. The first-order chi connectivity index (χ1) is 8.36. The largest absolute Gasteiger partial charge is 0.469 e. The Balaban J connectivity index is 3.30. The number of hydrogen-bond donors (Lipinski definition) is 0. The molecule has 0 atom stereocenters. The van der Waals surface area contributed by atoms with Crippen LogP contribution >= 0.6 is 11.6 Å². The lowest BCUT2D eigenvalue weighted by atomic mass is 10.1. The topological polar surface area (TPSA) is 82.3 Å². The van der Waals surface area contributed by atoms with Crippen molar-refractivity contribution in [2.24, 2.45) is 0 Å². The summed E-state index contributed by atoms with van der Waals surface area (Å²) in [5.74, 6) is -1.61. The van der Waals surface area contributed by atoms with Crippen molar-refractivity contribution in [1.82, 2.24) is 4.98 Å². The van der Waals surface area contributed by atoms with Crippen LogP contribution in [0, 0.1) is 10.1 Å². The zero-order valence-corrected chi connectivity index (χ0v) is 9.78. The number of methoxy groups -OCH3 is 1. The molecule has 0 aliphatic rings. The minimum absolute atomic E-state index is 0.423. The molecule has 18 heavy (non-hydrogen) atoms. The molecule has 0 unspecified atom stereocenters. The summed E-state index contributed by atoms with van der Waals surface area (Å²) >= 11 is 5.46. The molecule has 6 nitrogen and oxygen atoms in total. The summed E-state index contributed by atoms with van der Waals surface area (Å²) in [6.45, 7) is 0. The van der Waals surface area contributed by atoms with Crippen LogP contribution in [0.3, 0.4) is 0 Å². The Bertz CT molecular complexity index is 496. The highest BCUT2D eigenvalue weighted by molar-refractivity contribution is 6.32. The molecule has 1 rings (SSSR count). The van der Waals surface area contributed by atoms with E-state index in [4.69, 9.17) is 11.6 Å². The van der Waals surface area contributed by atoms with Gasteiger partial charge in [-0.3, -0.25) is 4.79 Å². The lowest BCUT2D eigenvalue weighted by molar-refractivity contribution is -0.389. The average molecular weight is 281 g/mol. The van der Waals surface area contributed by atoms with E-state index in [9.17, 15) is 23.7 Å². The summed E-state index contributed by atoms with van der Waals surface area (Å²) in [5.41, 5.74) is -1.05. The maximum absolute atomic E-state index is 12.7. The monoisotopic (exact) mass is 280 g/mol. The highest BCUT2D eigenvalue weighted by atomic mass is 35.5. The van der Waals surface area contributed by atoms with Crippen LogP contribution < -0.4 is 0 Å². The number of aromatic nitrogens is 1. The molecule has 0 radical (unpaired) electrons. The van der Waals surface area contributed by atoms with Crippen molar-refractivity contribution in [1.29, 1.82) is 0 Å². The number of nitrogens with zero attached hydrogens (tertiary/aromatic N) is 2. The molecule has 0 N–H and O–H groups in total. The zero-order chi connectivity index (χ0) is 13.9. The van der Waals surface area contributed by atoms with Crippen molar-refractivity contribution in [3.05, 3.63) is 32.5 Å². The quantitative estimate of drug-likeness (QED) is 0.480. The van der Waals surface area contributed by atoms with Gasteiger partial charge in [0.25, 0.3) is 6.43 Å². The van der Waals surface area contributed by atoms with Gasteiger partial charge in [-0.25, -0.2) is 8.78 Å². The number of hydrogen-bond acceptors (Lipinski definition) is 5. The highest BCUT2D eigenvalue weighted by Gasteiger charge is 2.27. The number of rotatable bonds is 4. The Kier molecular flexibility index (Phi) is 4.49. The number of nitro groups is 1. The molecule has 0 amide bonds. The van der Waals surface area contributed by atoms with Gasteiger partial charge in [0.15, 0.2) is 5.69 Å². The Morgan fingerprint density at radius 2 is 2.28 bits per heavy atom. The van der Waals surface area contributed by atoms with Crippen LogP contribution in [-0.2, 0) is 16.0 Å². The van der Waals surface area contributed by atoms with Crippen LogP contribution in [0.4, 0.5) is 14.6 Å². The van der Waals surface area contributed by atoms with E-state index >= 15 is 0 Å². The van der Waals surface area contributed by atoms with E-state index < -0.39 is 45.8 Å². The molecule has 0 aromatic carbocycles. The standard InChI is InChI=1S/C9H7ClF2N2O4/c1-18-7(15)3-6-4(8(11)12)2-5(10)9(13-6)14(16)17/h2,8H,3H2,1H3. The first-order valence-corrected chi connectivity index (χ1v) is 4.93. The number of halogens is 3. The van der Waals surface area contributed by atoms with Gasteiger partial charge in [-0.05, 0) is 16.0 Å². The van der Waals surface area contributed by atoms with E-state index in [0.717, 1.165) is 13.2 Å². The average Bonchev–Trinajstić information content (AvgIpc) is 2.29. The Labute approximate surface area is 105 Å². The van der Waals surface area contributed by atoms with E-state index in [1.807, 2.05) is 0 Å². The summed E-state index contributed by atoms with van der Waals surface area (Å²) in [7, 11) is 1.06. The number of ether oxygens (including phenoxy) is 1. The maximum Gasteiger partial charge on any atom is 0.382 e. The van der Waals surface area contributed by atoms with Crippen LogP contribution in [0.1, 0.15) is 17.7 Å². The third kappa shape index (κ3) is 3.10. The van der Waals surface area contributed by atoms with Gasteiger partial charge in [-0.2, -0.15) is 0 Å². The van der Waals surface area contributed by atoms with Crippen molar-refractivity contribution in [2.45, 2.75) is 12.8 Å². The predicted octanol–water partition coefficient (Wildman–Crippen LogP) is 2.30. The van der Waals surface area contributed by atoms with Crippen LogP contribution in [-0.4, -0.2) is 23.0 Å². The van der Waals surface area contributed by atoms with Crippen molar-refractivity contribution in [3.63, 3.8) is 0 Å². The lowest BCUT2D eigenvalue weighted by Crippen LogP contribution is -2.10. The number of carbonyl (C=O) groups excluding carboxylic acids is 1. The second-order valence-electron chi connectivity index (χ2n) is 3.14. The number of pyridine rings is 1. The zero-order valence-electron chi connectivity index (χ0n) is 9.02. The van der Waals surface area contributed by atoms with E-state index in [-0.39, 0.29) is 0 Å². The van der Waals surface area contributed by atoms with Gasteiger partial charge >= 0.3 is 11.8 Å². The second-order valence-corrected chi connectivity index (χ2v) is 3.55. The fourth-order valence-corrected chi connectivity index (χ4v) is 1.43. The van der Waals surface area contributed by atoms with Gasteiger partial charge in [-0.15, -0.1) is 0 Å².